The van der Waals surface area contributed by atoms with Gasteiger partial charge in [0.2, 0.25) is 5.91 Å². The average Bonchev–Trinajstić information content (AvgIpc) is 2.62. The fraction of sp³-hybridized carbons (Fsp3) is 0.294. The third-order valence-corrected chi connectivity index (χ3v) is 4.52. The molecule has 0 unspecified atom stereocenters. The Kier molecular flexibility index (Phi) is 5.14. The molecule has 0 atom stereocenters. The molecule has 2 N–H and O–H groups in total. The summed E-state index contributed by atoms with van der Waals surface area (Å²) in [5.41, 5.74) is 0.508. The van der Waals surface area contributed by atoms with Crippen LogP contribution in [0.15, 0.2) is 36.8 Å². The lowest BCUT2D eigenvalue weighted by atomic mass is 9.96. The summed E-state index contributed by atoms with van der Waals surface area (Å²) in [6, 6.07) is 4.39. The number of anilines is 2. The Morgan fingerprint density at radius 3 is 2.60 bits per heavy atom. The van der Waals surface area contributed by atoms with Crippen molar-refractivity contribution in [2.24, 2.45) is 5.92 Å². The predicted molar refractivity (Wildman–Crippen MR) is 94.0 cm³/mol. The zero-order valence-electron chi connectivity index (χ0n) is 13.4. The van der Waals surface area contributed by atoms with Crippen LogP contribution in [0.25, 0.3) is 0 Å². The van der Waals surface area contributed by atoms with E-state index in [0.29, 0.717) is 18.5 Å². The van der Waals surface area contributed by atoms with Crippen LogP contribution in [0, 0.1) is 5.92 Å². The smallest absolute Gasteiger partial charge is 0.337 e. The number of benzene rings is 1. The van der Waals surface area contributed by atoms with E-state index in [2.05, 4.69) is 20.2 Å². The molecule has 0 bridgehead atoms. The highest BCUT2D eigenvalue weighted by Gasteiger charge is 2.26. The normalized spacial score (nSPS) is 15.0. The van der Waals surface area contributed by atoms with Gasteiger partial charge in [0.15, 0.2) is 0 Å². The van der Waals surface area contributed by atoms with Gasteiger partial charge in [0.05, 0.1) is 16.8 Å². The van der Waals surface area contributed by atoms with E-state index in [-0.39, 0.29) is 22.4 Å². The lowest BCUT2D eigenvalue weighted by molar-refractivity contribution is -0.120. The Balaban J connectivity index is 1.58. The Morgan fingerprint density at radius 1 is 1.24 bits per heavy atom. The zero-order chi connectivity index (χ0) is 17.8. The summed E-state index contributed by atoms with van der Waals surface area (Å²) in [5.74, 6) is -0.472. The van der Waals surface area contributed by atoms with Gasteiger partial charge >= 0.3 is 5.97 Å². The first-order chi connectivity index (χ1) is 12.0. The monoisotopic (exact) mass is 360 g/mol. The fourth-order valence-electron chi connectivity index (χ4n) is 2.84. The molecule has 1 amide bonds. The summed E-state index contributed by atoms with van der Waals surface area (Å²) < 4.78 is 0. The number of nitrogens with zero attached hydrogens (tertiary/aromatic N) is 3. The van der Waals surface area contributed by atoms with Gasteiger partial charge in [0.1, 0.15) is 5.82 Å². The zero-order valence-corrected chi connectivity index (χ0v) is 14.1. The highest BCUT2D eigenvalue weighted by atomic mass is 35.5. The summed E-state index contributed by atoms with van der Waals surface area (Å²) in [5, 5.41) is 11.9. The molecule has 0 spiro atoms. The van der Waals surface area contributed by atoms with Gasteiger partial charge in [0.25, 0.3) is 0 Å². The van der Waals surface area contributed by atoms with Crippen molar-refractivity contribution in [2.45, 2.75) is 12.8 Å². The molecule has 3 rings (SSSR count). The van der Waals surface area contributed by atoms with E-state index in [1.807, 2.05) is 0 Å². The molecule has 1 fully saturated rings. The molecule has 2 heterocycles. The summed E-state index contributed by atoms with van der Waals surface area (Å²) in [6.07, 6.45) is 6.42. The number of hydrogen-bond acceptors (Lipinski definition) is 5. The Labute approximate surface area is 149 Å². The first-order valence-electron chi connectivity index (χ1n) is 7.89. The fourth-order valence-corrected chi connectivity index (χ4v) is 3.10. The number of carboxylic acid groups (broad SMARTS) is 1. The number of carbonyl (C=O) groups is 2. The molecule has 1 aliphatic heterocycles. The minimum atomic E-state index is -1.10. The number of nitrogens with one attached hydrogen (secondary N) is 1. The van der Waals surface area contributed by atoms with Crippen LogP contribution in [0.1, 0.15) is 23.2 Å². The topological polar surface area (TPSA) is 95.4 Å². The lowest BCUT2D eigenvalue weighted by Gasteiger charge is -2.31. The number of aromatic nitrogens is 2. The van der Waals surface area contributed by atoms with Crippen LogP contribution >= 0.6 is 11.6 Å². The molecule has 1 aromatic heterocycles. The number of hydrogen-bond donors (Lipinski definition) is 2. The van der Waals surface area contributed by atoms with Gasteiger partial charge in [0, 0.05) is 37.1 Å². The molecule has 0 saturated carbocycles. The minimum Gasteiger partial charge on any atom is -0.478 e. The molecule has 1 aromatic carbocycles. The molecule has 8 heteroatoms. The second kappa shape index (κ2) is 7.48. The Hall–Kier alpha value is -2.67. The largest absolute Gasteiger partial charge is 0.478 e. The molecule has 2 aromatic rings. The number of rotatable bonds is 4. The molecule has 130 valence electrons. The van der Waals surface area contributed by atoms with Crippen LogP contribution in [0.3, 0.4) is 0 Å². The lowest BCUT2D eigenvalue weighted by Crippen LogP contribution is -2.38. The van der Waals surface area contributed by atoms with Crippen LogP contribution in [0.4, 0.5) is 11.5 Å². The van der Waals surface area contributed by atoms with Gasteiger partial charge in [-0.3, -0.25) is 9.78 Å². The van der Waals surface area contributed by atoms with E-state index in [0.717, 1.165) is 18.9 Å². The minimum absolute atomic E-state index is 0.0111. The molecule has 25 heavy (non-hydrogen) atoms. The van der Waals surface area contributed by atoms with Crippen molar-refractivity contribution in [3.63, 3.8) is 0 Å². The van der Waals surface area contributed by atoms with Crippen molar-refractivity contribution < 1.29 is 14.7 Å². The van der Waals surface area contributed by atoms with E-state index in [9.17, 15) is 9.59 Å². The number of carboxylic acids is 1. The summed E-state index contributed by atoms with van der Waals surface area (Å²) in [6.45, 7) is 1.46. The predicted octanol–water partition coefficient (Wildman–Crippen LogP) is 2.68. The highest BCUT2D eigenvalue weighted by Crippen LogP contribution is 2.25. The molecule has 0 aliphatic carbocycles. The van der Waals surface area contributed by atoms with E-state index in [4.69, 9.17) is 16.7 Å². The molecular formula is C17H17ClN4O3. The van der Waals surface area contributed by atoms with Crippen molar-refractivity contribution in [3.05, 3.63) is 47.4 Å². The first-order valence-corrected chi connectivity index (χ1v) is 8.27. The standard InChI is InChI=1S/C17H17ClN4O3/c18-14-9-12(1-2-13(14)17(24)25)21-16(23)11-3-7-22(8-4-11)15-10-19-5-6-20-15/h1-2,5-6,9-11H,3-4,7-8H2,(H,21,23)(H,24,25). The quantitative estimate of drug-likeness (QED) is 0.870. The number of aromatic carboxylic acids is 1. The van der Waals surface area contributed by atoms with E-state index < -0.39 is 5.97 Å². The molecule has 7 nitrogen and oxygen atoms in total. The van der Waals surface area contributed by atoms with Gasteiger partial charge in [-0.05, 0) is 31.0 Å². The van der Waals surface area contributed by atoms with Crippen LogP contribution < -0.4 is 10.2 Å². The maximum absolute atomic E-state index is 12.4. The van der Waals surface area contributed by atoms with E-state index >= 15 is 0 Å². The van der Waals surface area contributed by atoms with Crippen LogP contribution in [-0.4, -0.2) is 40.0 Å². The van der Waals surface area contributed by atoms with E-state index in [1.165, 1.54) is 12.1 Å². The van der Waals surface area contributed by atoms with Gasteiger partial charge in [-0.1, -0.05) is 11.6 Å². The first kappa shape index (κ1) is 17.2. The second-order valence-corrected chi connectivity index (χ2v) is 6.22. The van der Waals surface area contributed by atoms with E-state index in [1.54, 1.807) is 24.7 Å². The van der Waals surface area contributed by atoms with Crippen molar-refractivity contribution in [2.75, 3.05) is 23.3 Å². The SMILES string of the molecule is O=C(O)c1ccc(NC(=O)C2CCN(c3cnccn3)CC2)cc1Cl. The van der Waals surface area contributed by atoms with Crippen LogP contribution in [0.5, 0.6) is 0 Å². The molecular weight excluding hydrogens is 344 g/mol. The summed E-state index contributed by atoms with van der Waals surface area (Å²) in [4.78, 5) is 33.8. The molecule has 0 radical (unpaired) electrons. The van der Waals surface area contributed by atoms with Crippen LogP contribution in [-0.2, 0) is 4.79 Å². The summed E-state index contributed by atoms with van der Waals surface area (Å²) >= 11 is 5.93. The summed E-state index contributed by atoms with van der Waals surface area (Å²) in [7, 11) is 0. The van der Waals surface area contributed by atoms with Crippen molar-refractivity contribution in [1.82, 2.24) is 9.97 Å². The number of carbonyl (C=O) groups excluding carboxylic acids is 1. The number of amides is 1. The number of halogens is 1. The molecule has 1 aliphatic rings. The maximum atomic E-state index is 12.4. The molecule has 1 saturated heterocycles. The third kappa shape index (κ3) is 4.06. The van der Waals surface area contributed by atoms with Crippen molar-refractivity contribution in [3.8, 4) is 0 Å². The average molecular weight is 361 g/mol. The second-order valence-electron chi connectivity index (χ2n) is 5.81. The number of piperidine rings is 1. The highest BCUT2D eigenvalue weighted by molar-refractivity contribution is 6.33. The van der Waals surface area contributed by atoms with Gasteiger partial charge in [-0.2, -0.15) is 0 Å². The van der Waals surface area contributed by atoms with Crippen LogP contribution in [0.2, 0.25) is 5.02 Å². The van der Waals surface area contributed by atoms with Crippen molar-refractivity contribution >= 4 is 35.0 Å². The van der Waals surface area contributed by atoms with Gasteiger partial charge in [-0.15, -0.1) is 0 Å². The Morgan fingerprint density at radius 2 is 2.00 bits per heavy atom. The van der Waals surface area contributed by atoms with Crippen molar-refractivity contribution in [1.29, 1.82) is 0 Å². The maximum Gasteiger partial charge on any atom is 0.337 e. The van der Waals surface area contributed by atoms with Gasteiger partial charge < -0.3 is 15.3 Å². The Bertz CT molecular complexity index is 777. The third-order valence-electron chi connectivity index (χ3n) is 4.21. The van der Waals surface area contributed by atoms with Gasteiger partial charge in [-0.25, -0.2) is 9.78 Å².